The van der Waals surface area contributed by atoms with Crippen LogP contribution in [0, 0.1) is 28.6 Å². The van der Waals surface area contributed by atoms with Gasteiger partial charge in [0.25, 0.3) is 5.91 Å². The van der Waals surface area contributed by atoms with E-state index in [1.165, 1.54) is 4.90 Å². The number of fused-ring (bicyclic) bond motifs is 1. The zero-order chi connectivity index (χ0) is 31.1. The van der Waals surface area contributed by atoms with Crippen LogP contribution in [-0.2, 0) is 23.9 Å². The second-order valence-electron chi connectivity index (χ2n) is 13.9. The van der Waals surface area contributed by atoms with Crippen molar-refractivity contribution in [2.24, 2.45) is 34.3 Å². The van der Waals surface area contributed by atoms with E-state index in [-0.39, 0.29) is 42.9 Å². The number of amides is 5. The largest absolute Gasteiger partial charge is 0.383 e. The van der Waals surface area contributed by atoms with E-state index >= 15 is 0 Å². The highest BCUT2D eigenvalue weighted by Gasteiger charge is 2.74. The van der Waals surface area contributed by atoms with E-state index in [0.717, 1.165) is 19.3 Å². The van der Waals surface area contributed by atoms with E-state index in [2.05, 4.69) is 16.0 Å². The van der Waals surface area contributed by atoms with Gasteiger partial charge in [-0.05, 0) is 23.2 Å². The SMILES string of the molecule is COC[C@@H](NC(=O)N[C@H](C(=O)N1C[C@H]2[C@@H]([C@H]1C(=O)NC(CC1CCC1)C(=O)C(N)=O)C2(Cl)Cl)C(C)(C)C)C(C)(C)C. The molecule has 2 aliphatic carbocycles. The number of Topliss-reactive ketones (excluding diaryl/α,β-unsaturated/α-hetero) is 1. The zero-order valence-electron chi connectivity index (χ0n) is 25.0. The number of piperidine rings is 1. The average Bonchev–Trinajstić information content (AvgIpc) is 3.14. The Kier molecular flexibility index (Phi) is 9.97. The molecule has 0 aromatic carbocycles. The Bertz CT molecular complexity index is 1050. The van der Waals surface area contributed by atoms with Crippen molar-refractivity contribution in [1.82, 2.24) is 20.9 Å². The summed E-state index contributed by atoms with van der Waals surface area (Å²) >= 11 is 13.0. The maximum absolute atomic E-state index is 14.0. The smallest absolute Gasteiger partial charge is 0.315 e. The minimum absolute atomic E-state index is 0.107. The maximum atomic E-state index is 14.0. The number of nitrogens with two attached hydrogens (primary N) is 1. The molecular formula is C28H45Cl2N5O6. The number of methoxy groups -OCH3 is 1. The molecule has 0 aromatic heterocycles. The second-order valence-corrected chi connectivity index (χ2v) is 15.3. The fourth-order valence-corrected chi connectivity index (χ4v) is 6.50. The molecule has 6 atom stereocenters. The highest BCUT2D eigenvalue weighted by molar-refractivity contribution is 6.51. The molecule has 1 saturated heterocycles. The number of hydrogen-bond acceptors (Lipinski definition) is 6. The van der Waals surface area contributed by atoms with Crippen molar-refractivity contribution < 1.29 is 28.7 Å². The van der Waals surface area contributed by atoms with E-state index in [9.17, 15) is 24.0 Å². The Morgan fingerprint density at radius 2 is 1.61 bits per heavy atom. The van der Waals surface area contributed by atoms with E-state index in [0.29, 0.717) is 0 Å². The molecule has 13 heteroatoms. The van der Waals surface area contributed by atoms with E-state index in [4.69, 9.17) is 33.7 Å². The van der Waals surface area contributed by atoms with Crippen molar-refractivity contribution in [3.05, 3.63) is 0 Å². The number of likely N-dealkylation sites (tertiary alicyclic amines) is 1. The third kappa shape index (κ3) is 7.46. The summed E-state index contributed by atoms with van der Waals surface area (Å²) in [7, 11) is 1.55. The normalized spacial score (nSPS) is 25.7. The predicted molar refractivity (Wildman–Crippen MR) is 155 cm³/mol. The molecule has 1 heterocycles. The molecule has 0 spiro atoms. The molecule has 41 heavy (non-hydrogen) atoms. The van der Waals surface area contributed by atoms with Crippen LogP contribution < -0.4 is 21.7 Å². The molecule has 5 N–H and O–H groups in total. The van der Waals surface area contributed by atoms with Gasteiger partial charge in [0, 0.05) is 25.5 Å². The molecule has 0 aromatic rings. The van der Waals surface area contributed by atoms with Gasteiger partial charge in [0.2, 0.25) is 17.6 Å². The van der Waals surface area contributed by atoms with Crippen molar-refractivity contribution in [3.8, 4) is 0 Å². The Hall–Kier alpha value is -2.11. The van der Waals surface area contributed by atoms with Crippen LogP contribution in [0.15, 0.2) is 0 Å². The molecular weight excluding hydrogens is 573 g/mol. The molecule has 11 nitrogen and oxygen atoms in total. The molecule has 1 unspecified atom stereocenters. The van der Waals surface area contributed by atoms with Gasteiger partial charge in [0.15, 0.2) is 0 Å². The molecule has 232 valence electrons. The first-order valence-corrected chi connectivity index (χ1v) is 14.9. The number of carbonyl (C=O) groups excluding carboxylic acids is 5. The lowest BCUT2D eigenvalue weighted by Gasteiger charge is -2.38. The summed E-state index contributed by atoms with van der Waals surface area (Å²) in [5.74, 6) is -3.84. The molecule has 2 saturated carbocycles. The number of ketones is 1. The first-order valence-electron chi connectivity index (χ1n) is 14.2. The molecule has 0 bridgehead atoms. The fraction of sp³-hybridized carbons (Fsp3) is 0.821. The maximum Gasteiger partial charge on any atom is 0.315 e. The number of nitrogens with zero attached hydrogens (tertiary/aromatic N) is 1. The number of urea groups is 1. The Balaban J connectivity index is 1.82. The number of hydrogen-bond donors (Lipinski definition) is 4. The van der Waals surface area contributed by atoms with Gasteiger partial charge in [0.05, 0.1) is 18.7 Å². The lowest BCUT2D eigenvalue weighted by Crippen LogP contribution is -2.62. The number of ether oxygens (including phenoxy) is 1. The minimum Gasteiger partial charge on any atom is -0.383 e. The van der Waals surface area contributed by atoms with Crippen molar-refractivity contribution >= 4 is 52.7 Å². The summed E-state index contributed by atoms with van der Waals surface area (Å²) in [4.78, 5) is 66.5. The monoisotopic (exact) mass is 617 g/mol. The first-order chi connectivity index (χ1) is 18.8. The average molecular weight is 619 g/mol. The zero-order valence-corrected chi connectivity index (χ0v) is 26.5. The Morgan fingerprint density at radius 1 is 1.00 bits per heavy atom. The molecule has 3 rings (SSSR count). The number of halogens is 2. The Labute approximate surface area is 252 Å². The molecule has 0 radical (unpaired) electrons. The van der Waals surface area contributed by atoms with Crippen LogP contribution in [0.25, 0.3) is 0 Å². The number of rotatable bonds is 11. The van der Waals surface area contributed by atoms with Crippen LogP contribution in [0.1, 0.15) is 67.2 Å². The van der Waals surface area contributed by atoms with Gasteiger partial charge in [-0.2, -0.15) is 0 Å². The molecule has 3 fully saturated rings. The standard InChI is InChI=1S/C28H45Cl2N5O6/c1-26(2,3)17(13-41-7)33-25(40)34-21(27(4,5)6)24(39)35-12-15-18(28(15,29)30)19(35)23(38)32-16(20(36)22(31)37)11-14-9-8-10-14/h14-19,21H,8-13H2,1-7H3,(H2,31,37)(H,32,38)(H2,33,34,40)/t15-,16?,17+,18-,19-,21+/m0/s1. The molecule has 3 aliphatic rings. The number of nitrogens with one attached hydrogen (secondary N) is 3. The van der Waals surface area contributed by atoms with Gasteiger partial charge in [0.1, 0.15) is 16.4 Å². The van der Waals surface area contributed by atoms with Crippen LogP contribution in [-0.4, -0.2) is 83.2 Å². The van der Waals surface area contributed by atoms with Crippen molar-refractivity contribution in [3.63, 3.8) is 0 Å². The van der Waals surface area contributed by atoms with Crippen molar-refractivity contribution in [1.29, 1.82) is 0 Å². The van der Waals surface area contributed by atoms with Crippen LogP contribution in [0.5, 0.6) is 0 Å². The van der Waals surface area contributed by atoms with E-state index < -0.39 is 63.3 Å². The van der Waals surface area contributed by atoms with Crippen LogP contribution in [0.2, 0.25) is 0 Å². The highest BCUT2D eigenvalue weighted by atomic mass is 35.5. The van der Waals surface area contributed by atoms with Gasteiger partial charge in [-0.15, -0.1) is 23.2 Å². The van der Waals surface area contributed by atoms with Gasteiger partial charge in [-0.3, -0.25) is 19.2 Å². The lowest BCUT2D eigenvalue weighted by atomic mass is 9.80. The topological polar surface area (TPSA) is 160 Å². The van der Waals surface area contributed by atoms with E-state index in [1.807, 2.05) is 41.5 Å². The fourth-order valence-electron chi connectivity index (χ4n) is 5.68. The third-order valence-corrected chi connectivity index (χ3v) is 9.69. The quantitative estimate of drug-likeness (QED) is 0.205. The third-order valence-electron chi connectivity index (χ3n) is 8.63. The number of alkyl halides is 2. The summed E-state index contributed by atoms with van der Waals surface area (Å²) < 4.78 is 4.06. The van der Waals surface area contributed by atoms with Crippen molar-refractivity contribution in [2.45, 2.75) is 95.7 Å². The van der Waals surface area contributed by atoms with Crippen LogP contribution in [0.3, 0.4) is 0 Å². The van der Waals surface area contributed by atoms with Gasteiger partial charge in [-0.1, -0.05) is 60.8 Å². The summed E-state index contributed by atoms with van der Waals surface area (Å²) in [6, 6.07) is -4.06. The van der Waals surface area contributed by atoms with Crippen LogP contribution >= 0.6 is 23.2 Å². The second kappa shape index (κ2) is 12.2. The summed E-state index contributed by atoms with van der Waals surface area (Å²) in [6.45, 7) is 11.7. The summed E-state index contributed by atoms with van der Waals surface area (Å²) in [6.07, 6.45) is 3.09. The van der Waals surface area contributed by atoms with E-state index in [1.54, 1.807) is 7.11 Å². The number of primary amides is 1. The van der Waals surface area contributed by atoms with Gasteiger partial charge < -0.3 is 31.3 Å². The Morgan fingerprint density at radius 3 is 2.07 bits per heavy atom. The summed E-state index contributed by atoms with van der Waals surface area (Å²) in [5, 5.41) is 8.39. The minimum atomic E-state index is -1.21. The molecule has 1 aliphatic heterocycles. The van der Waals surface area contributed by atoms with Crippen molar-refractivity contribution in [2.75, 3.05) is 20.3 Å². The first kappa shape index (κ1) is 33.4. The highest BCUT2D eigenvalue weighted by Crippen LogP contribution is 2.65. The number of carbonyl (C=O) groups is 5. The van der Waals surface area contributed by atoms with Crippen LogP contribution in [0.4, 0.5) is 4.79 Å². The predicted octanol–water partition coefficient (Wildman–Crippen LogP) is 2.12. The molecule has 5 amide bonds. The van der Waals surface area contributed by atoms with Gasteiger partial charge >= 0.3 is 6.03 Å². The van der Waals surface area contributed by atoms with Gasteiger partial charge in [-0.25, -0.2) is 4.79 Å². The lowest BCUT2D eigenvalue weighted by molar-refractivity contribution is -0.144. The summed E-state index contributed by atoms with van der Waals surface area (Å²) in [5.41, 5.74) is 4.23.